The number of methoxy groups -OCH3 is 1. The Kier molecular flexibility index (Phi) is 6.90. The highest BCUT2D eigenvalue weighted by Gasteiger charge is 2.32. The first-order chi connectivity index (χ1) is 15.9. The van der Waals surface area contributed by atoms with E-state index in [-0.39, 0.29) is 17.6 Å². The Morgan fingerprint density at radius 3 is 2.55 bits per heavy atom. The van der Waals surface area contributed by atoms with E-state index in [2.05, 4.69) is 15.3 Å². The van der Waals surface area contributed by atoms with Crippen molar-refractivity contribution < 1.29 is 14.3 Å². The van der Waals surface area contributed by atoms with Crippen LogP contribution in [0.25, 0.3) is 6.08 Å². The Labute approximate surface area is 200 Å². The van der Waals surface area contributed by atoms with Crippen LogP contribution >= 0.6 is 23.1 Å². The van der Waals surface area contributed by atoms with Crippen molar-refractivity contribution in [3.8, 4) is 5.75 Å². The lowest BCUT2D eigenvalue weighted by atomic mass is 10.1. The number of amides is 2. The molecule has 1 aliphatic rings. The molecule has 1 N–H and O–H groups in total. The highest BCUT2D eigenvalue weighted by molar-refractivity contribution is 8.14. The van der Waals surface area contributed by atoms with Gasteiger partial charge in [-0.15, -0.1) is 11.3 Å². The lowest BCUT2D eigenvalue weighted by molar-refractivity contribution is -0.114. The van der Waals surface area contributed by atoms with Gasteiger partial charge < -0.3 is 10.1 Å². The van der Waals surface area contributed by atoms with Crippen molar-refractivity contribution in [3.05, 3.63) is 76.4 Å². The summed E-state index contributed by atoms with van der Waals surface area (Å²) in [5.41, 5.74) is 3.94. The third-order valence-corrected chi connectivity index (χ3v) is 6.35. The molecule has 4 rings (SSSR count). The zero-order valence-corrected chi connectivity index (χ0v) is 20.0. The zero-order chi connectivity index (χ0) is 23.4. The summed E-state index contributed by atoms with van der Waals surface area (Å²) in [6, 6.07) is 13.3. The number of nitrogens with zero attached hydrogens (tertiary/aromatic N) is 3. The number of aliphatic imine (C=N–C) groups is 1. The number of aryl methyl sites for hydroxylation is 2. The maximum Gasteiger partial charge on any atom is 0.283 e. The van der Waals surface area contributed by atoms with Crippen molar-refractivity contribution in [2.24, 2.45) is 4.99 Å². The first-order valence-electron chi connectivity index (χ1n) is 10.1. The number of hydrogen-bond acceptors (Lipinski definition) is 7. The van der Waals surface area contributed by atoms with Gasteiger partial charge >= 0.3 is 0 Å². The van der Waals surface area contributed by atoms with E-state index in [1.54, 1.807) is 29.7 Å². The van der Waals surface area contributed by atoms with E-state index in [1.807, 2.05) is 56.3 Å². The van der Waals surface area contributed by atoms with Gasteiger partial charge in [-0.2, -0.15) is 0 Å². The molecule has 0 radical (unpaired) electrons. The van der Waals surface area contributed by atoms with Crippen LogP contribution in [0.4, 0.5) is 10.8 Å². The highest BCUT2D eigenvalue weighted by atomic mass is 32.2. The van der Waals surface area contributed by atoms with Crippen molar-refractivity contribution in [1.82, 2.24) is 4.98 Å². The van der Waals surface area contributed by atoms with Gasteiger partial charge in [0.1, 0.15) is 11.4 Å². The molecule has 1 aromatic heterocycles. The molecule has 0 unspecified atom stereocenters. The first-order valence-corrected chi connectivity index (χ1v) is 12.0. The van der Waals surface area contributed by atoms with E-state index in [0.717, 1.165) is 28.1 Å². The highest BCUT2D eigenvalue weighted by Crippen LogP contribution is 2.31. The lowest BCUT2D eigenvalue weighted by Crippen LogP contribution is -2.31. The second-order valence-electron chi connectivity index (χ2n) is 7.36. The van der Waals surface area contributed by atoms with Crippen LogP contribution in [0.2, 0.25) is 0 Å². The molecule has 168 valence electrons. The average Bonchev–Trinajstić information content (AvgIpc) is 3.40. The summed E-state index contributed by atoms with van der Waals surface area (Å²) >= 11 is 2.56. The van der Waals surface area contributed by atoms with Gasteiger partial charge in [0.15, 0.2) is 10.3 Å². The molecule has 9 heteroatoms. The van der Waals surface area contributed by atoms with Crippen LogP contribution in [0.15, 0.2) is 64.7 Å². The Hall–Kier alpha value is -3.43. The van der Waals surface area contributed by atoms with Crippen molar-refractivity contribution in [1.29, 1.82) is 0 Å². The molecule has 0 saturated carbocycles. The molecule has 2 heterocycles. The Morgan fingerprint density at radius 1 is 1.18 bits per heavy atom. The SMILES string of the molecule is COc1ccc(/C=C2\N=C(SCC(=O)Nc3nccs3)N(c3cc(C)cc(C)c3)C2=O)cc1. The quantitative estimate of drug-likeness (QED) is 0.510. The number of amidine groups is 1. The summed E-state index contributed by atoms with van der Waals surface area (Å²) in [4.78, 5) is 36.0. The van der Waals surface area contributed by atoms with Gasteiger partial charge in [0.25, 0.3) is 5.91 Å². The summed E-state index contributed by atoms with van der Waals surface area (Å²) < 4.78 is 5.20. The predicted octanol–water partition coefficient (Wildman–Crippen LogP) is 4.88. The van der Waals surface area contributed by atoms with E-state index >= 15 is 0 Å². The standard InChI is InChI=1S/C24H22N4O3S2/c1-15-10-16(2)12-18(11-15)28-22(30)20(13-17-4-6-19(31-3)7-5-17)26-24(28)33-14-21(29)27-23-25-8-9-32-23/h4-13H,14H2,1-3H3,(H,25,27,29)/b20-13-. The number of aromatic nitrogens is 1. The number of carbonyl (C=O) groups excluding carboxylic acids is 2. The third-order valence-electron chi connectivity index (χ3n) is 4.72. The van der Waals surface area contributed by atoms with E-state index < -0.39 is 0 Å². The number of anilines is 2. The maximum absolute atomic E-state index is 13.4. The van der Waals surface area contributed by atoms with Gasteiger partial charge in [-0.05, 0) is 60.9 Å². The molecule has 2 amide bonds. The number of nitrogens with one attached hydrogen (secondary N) is 1. The summed E-state index contributed by atoms with van der Waals surface area (Å²) in [6.45, 7) is 3.97. The number of ether oxygens (including phenoxy) is 1. The van der Waals surface area contributed by atoms with Gasteiger partial charge in [0.05, 0.1) is 18.6 Å². The topological polar surface area (TPSA) is 83.9 Å². The molecule has 0 atom stereocenters. The van der Waals surface area contributed by atoms with Crippen LogP contribution in [0.3, 0.4) is 0 Å². The van der Waals surface area contributed by atoms with Gasteiger partial charge in [-0.25, -0.2) is 9.98 Å². The first kappa shape index (κ1) is 22.8. The predicted molar refractivity (Wildman–Crippen MR) is 135 cm³/mol. The largest absolute Gasteiger partial charge is 0.497 e. The fraction of sp³-hybridized carbons (Fsp3) is 0.167. The fourth-order valence-electron chi connectivity index (χ4n) is 3.33. The van der Waals surface area contributed by atoms with Crippen LogP contribution in [0.5, 0.6) is 5.75 Å². The van der Waals surface area contributed by atoms with Gasteiger partial charge in [0, 0.05) is 11.6 Å². The minimum Gasteiger partial charge on any atom is -0.497 e. The summed E-state index contributed by atoms with van der Waals surface area (Å²) in [5.74, 6) is 0.387. The van der Waals surface area contributed by atoms with Crippen LogP contribution in [0, 0.1) is 13.8 Å². The number of benzene rings is 2. The minimum atomic E-state index is -0.237. The fourth-order valence-corrected chi connectivity index (χ4v) is 4.69. The molecule has 0 spiro atoms. The second kappa shape index (κ2) is 10.0. The van der Waals surface area contributed by atoms with Gasteiger partial charge in [-0.1, -0.05) is 30.0 Å². The van der Waals surface area contributed by atoms with E-state index in [9.17, 15) is 9.59 Å². The van der Waals surface area contributed by atoms with Crippen LogP contribution in [-0.4, -0.2) is 34.8 Å². The number of hydrogen-bond donors (Lipinski definition) is 1. The van der Waals surface area contributed by atoms with Crippen LogP contribution < -0.4 is 15.0 Å². The summed E-state index contributed by atoms with van der Waals surface area (Å²) in [6.07, 6.45) is 3.37. The smallest absolute Gasteiger partial charge is 0.283 e. The molecular weight excluding hydrogens is 456 g/mol. The molecule has 0 saturated heterocycles. The van der Waals surface area contributed by atoms with Gasteiger partial charge in [-0.3, -0.25) is 14.5 Å². The van der Waals surface area contributed by atoms with Crippen LogP contribution in [0.1, 0.15) is 16.7 Å². The molecule has 3 aromatic rings. The summed E-state index contributed by atoms with van der Waals surface area (Å²) in [5, 5.41) is 5.54. The van der Waals surface area contributed by atoms with Crippen molar-refractivity contribution in [3.63, 3.8) is 0 Å². The second-order valence-corrected chi connectivity index (χ2v) is 9.19. The lowest BCUT2D eigenvalue weighted by Gasteiger charge is -2.19. The zero-order valence-electron chi connectivity index (χ0n) is 18.4. The number of carbonyl (C=O) groups is 2. The Bertz CT molecular complexity index is 1210. The molecule has 0 fully saturated rings. The number of thioether (sulfide) groups is 1. The molecule has 1 aliphatic heterocycles. The summed E-state index contributed by atoms with van der Waals surface area (Å²) in [7, 11) is 1.61. The maximum atomic E-state index is 13.4. The van der Waals surface area contributed by atoms with Crippen molar-refractivity contribution in [2.45, 2.75) is 13.8 Å². The molecule has 2 aromatic carbocycles. The van der Waals surface area contributed by atoms with Crippen molar-refractivity contribution in [2.75, 3.05) is 23.1 Å². The third kappa shape index (κ3) is 5.50. The van der Waals surface area contributed by atoms with E-state index in [4.69, 9.17) is 4.74 Å². The normalized spacial score (nSPS) is 14.5. The Morgan fingerprint density at radius 2 is 1.91 bits per heavy atom. The van der Waals surface area contributed by atoms with Gasteiger partial charge in [0.2, 0.25) is 5.91 Å². The average molecular weight is 479 g/mol. The van der Waals surface area contributed by atoms with E-state index in [1.165, 1.54) is 23.1 Å². The molecule has 0 bridgehead atoms. The van der Waals surface area contributed by atoms with Crippen LogP contribution in [-0.2, 0) is 9.59 Å². The minimum absolute atomic E-state index is 0.100. The molecule has 0 aliphatic carbocycles. The molecular formula is C24H22N4O3S2. The number of thiazole rings is 1. The van der Waals surface area contributed by atoms with Crippen molar-refractivity contribution >= 4 is 57.0 Å². The molecule has 33 heavy (non-hydrogen) atoms. The Balaban J connectivity index is 1.61. The monoisotopic (exact) mass is 478 g/mol. The molecule has 7 nitrogen and oxygen atoms in total. The van der Waals surface area contributed by atoms with E-state index in [0.29, 0.717) is 16.0 Å². The number of rotatable bonds is 6.